The van der Waals surface area contributed by atoms with Crippen LogP contribution >= 0.6 is 0 Å². The topological polar surface area (TPSA) is 26.3 Å². The largest absolute Gasteiger partial charge is 0.361 e. The van der Waals surface area contributed by atoms with Gasteiger partial charge in [-0.05, 0) is 55.5 Å². The summed E-state index contributed by atoms with van der Waals surface area (Å²) in [7, 11) is -1.25. The molecule has 3 rings (SSSR count). The minimum Gasteiger partial charge on any atom is -0.361 e. The zero-order valence-electron chi connectivity index (χ0n) is 15.6. The molecule has 2 aromatic carbocycles. The Balaban J connectivity index is 1.98. The molecule has 0 saturated carbocycles. The summed E-state index contributed by atoms with van der Waals surface area (Å²) in [6, 6.07) is 17.9. The van der Waals surface area contributed by atoms with E-state index in [1.54, 1.807) is 0 Å². The van der Waals surface area contributed by atoms with Crippen molar-refractivity contribution >= 4 is 16.9 Å². The maximum atomic E-state index is 13.4. The number of hydrogen-bond acceptors (Lipinski definition) is 2. The van der Waals surface area contributed by atoms with Crippen LogP contribution in [-0.2, 0) is 15.5 Å². The average Bonchev–Trinajstić information content (AvgIpc) is 2.71. The van der Waals surface area contributed by atoms with E-state index in [-0.39, 0.29) is 6.10 Å². The first-order valence-electron chi connectivity index (χ1n) is 9.18. The molecule has 3 heteroatoms. The Morgan fingerprint density at radius 1 is 1.22 bits per heavy atom. The molecule has 0 amide bonds. The summed E-state index contributed by atoms with van der Waals surface area (Å²) in [6.07, 6.45) is 12.3. The third-order valence-electron chi connectivity index (χ3n) is 4.55. The van der Waals surface area contributed by atoms with Crippen LogP contribution in [0.5, 0.6) is 0 Å². The predicted molar refractivity (Wildman–Crippen MR) is 113 cm³/mol. The summed E-state index contributed by atoms with van der Waals surface area (Å²) < 4.78 is 19.1. The van der Waals surface area contributed by atoms with Gasteiger partial charge in [-0.15, -0.1) is 6.42 Å². The van der Waals surface area contributed by atoms with Crippen molar-refractivity contribution in [3.63, 3.8) is 0 Å². The summed E-state index contributed by atoms with van der Waals surface area (Å²) in [5.41, 5.74) is 3.29. The maximum Gasteiger partial charge on any atom is 0.108 e. The summed E-state index contributed by atoms with van der Waals surface area (Å²) in [4.78, 5) is 1.66. The molecule has 0 aromatic heterocycles. The number of benzene rings is 2. The minimum atomic E-state index is -1.25. The third kappa shape index (κ3) is 5.29. The van der Waals surface area contributed by atoms with Crippen LogP contribution < -0.4 is 0 Å². The summed E-state index contributed by atoms with van der Waals surface area (Å²) in [5, 5.41) is 0. The minimum absolute atomic E-state index is 0.0148. The third-order valence-corrected chi connectivity index (χ3v) is 6.03. The molecule has 0 saturated heterocycles. The van der Waals surface area contributed by atoms with Crippen molar-refractivity contribution in [2.24, 2.45) is 0 Å². The Labute approximate surface area is 164 Å². The first kappa shape index (κ1) is 19.4. The Morgan fingerprint density at radius 3 is 2.67 bits per heavy atom. The molecule has 27 heavy (non-hydrogen) atoms. The molecular weight excluding hydrogens is 352 g/mol. The molecule has 1 aliphatic rings. The zero-order valence-corrected chi connectivity index (χ0v) is 16.4. The normalized spacial score (nSPS) is 18.4. The van der Waals surface area contributed by atoms with Gasteiger partial charge < -0.3 is 4.74 Å². The fourth-order valence-electron chi connectivity index (χ4n) is 3.13. The molecule has 0 spiro atoms. The molecule has 138 valence electrons. The van der Waals surface area contributed by atoms with Crippen LogP contribution in [0.15, 0.2) is 76.0 Å². The van der Waals surface area contributed by atoms with Crippen molar-refractivity contribution in [2.75, 3.05) is 6.61 Å². The monoisotopic (exact) mass is 376 g/mol. The van der Waals surface area contributed by atoms with Gasteiger partial charge in [0, 0.05) is 9.80 Å². The van der Waals surface area contributed by atoms with E-state index >= 15 is 0 Å². The number of rotatable bonds is 6. The zero-order chi connectivity index (χ0) is 19.1. The number of terminal acetylenes is 1. The molecule has 0 N–H and O–H groups in total. The second-order valence-corrected chi connectivity index (χ2v) is 8.09. The molecule has 0 radical (unpaired) electrons. The van der Waals surface area contributed by atoms with Crippen molar-refractivity contribution in [1.29, 1.82) is 0 Å². The first-order valence-corrected chi connectivity index (χ1v) is 10.3. The smallest absolute Gasteiger partial charge is 0.108 e. The van der Waals surface area contributed by atoms with Gasteiger partial charge in [0.2, 0.25) is 0 Å². The molecule has 2 aromatic rings. The van der Waals surface area contributed by atoms with Crippen molar-refractivity contribution in [1.82, 2.24) is 0 Å². The van der Waals surface area contributed by atoms with Crippen LogP contribution in [0.3, 0.4) is 0 Å². The summed E-state index contributed by atoms with van der Waals surface area (Å²) >= 11 is 0. The number of aryl methyl sites for hydroxylation is 1. The molecule has 0 fully saturated rings. The highest BCUT2D eigenvalue weighted by molar-refractivity contribution is 7.89. The SMILES string of the molecule is C#CCO[C@H]1C=C(/C(=C/c2ccccc2)[S@@](=O)c2ccc(C)cc2)CCC1. The highest BCUT2D eigenvalue weighted by atomic mass is 32.2. The van der Waals surface area contributed by atoms with Crippen LogP contribution in [0.2, 0.25) is 0 Å². The molecule has 0 unspecified atom stereocenters. The highest BCUT2D eigenvalue weighted by Gasteiger charge is 2.21. The van der Waals surface area contributed by atoms with Crippen LogP contribution in [0.1, 0.15) is 30.4 Å². The lowest BCUT2D eigenvalue weighted by molar-refractivity contribution is 0.101. The van der Waals surface area contributed by atoms with Gasteiger partial charge in [-0.2, -0.15) is 0 Å². The van der Waals surface area contributed by atoms with E-state index in [1.807, 2.05) is 67.6 Å². The Bertz CT molecular complexity index is 886. The standard InChI is InChI=1S/C24H24O2S/c1-3-16-26-22-11-7-10-21(18-22)24(17-20-8-5-4-6-9-20)27(25)23-14-12-19(2)13-15-23/h1,4-6,8-9,12-15,17-18,22H,7,10-11,16H2,2H3/b24-17-/t22-,27+/m1/s1. The van der Waals surface area contributed by atoms with E-state index < -0.39 is 10.8 Å². The average molecular weight is 377 g/mol. The van der Waals surface area contributed by atoms with Gasteiger partial charge in [0.25, 0.3) is 0 Å². The number of ether oxygens (including phenoxy) is 1. The van der Waals surface area contributed by atoms with E-state index in [2.05, 4.69) is 12.0 Å². The van der Waals surface area contributed by atoms with Crippen molar-refractivity contribution in [3.05, 3.63) is 82.3 Å². The summed E-state index contributed by atoms with van der Waals surface area (Å²) in [5.74, 6) is 2.53. The second-order valence-electron chi connectivity index (χ2n) is 6.64. The van der Waals surface area contributed by atoms with Crippen LogP contribution in [0.4, 0.5) is 0 Å². The second kappa shape index (κ2) is 9.50. The Hall–Kier alpha value is -2.41. The quantitative estimate of drug-likeness (QED) is 0.642. The van der Waals surface area contributed by atoms with Gasteiger partial charge in [0.15, 0.2) is 0 Å². The molecule has 0 heterocycles. The molecular formula is C24H24O2S. The van der Waals surface area contributed by atoms with E-state index in [0.29, 0.717) is 6.61 Å². The van der Waals surface area contributed by atoms with Crippen LogP contribution in [-0.4, -0.2) is 16.9 Å². The maximum absolute atomic E-state index is 13.4. The first-order chi connectivity index (χ1) is 13.2. The van der Waals surface area contributed by atoms with E-state index in [4.69, 9.17) is 11.2 Å². The molecule has 2 nitrogen and oxygen atoms in total. The fraction of sp³-hybridized carbons (Fsp3) is 0.250. The van der Waals surface area contributed by atoms with Crippen molar-refractivity contribution < 1.29 is 8.95 Å². The van der Waals surface area contributed by atoms with Gasteiger partial charge >= 0.3 is 0 Å². The Kier molecular flexibility index (Phi) is 6.81. The van der Waals surface area contributed by atoms with Crippen LogP contribution in [0, 0.1) is 19.3 Å². The van der Waals surface area contributed by atoms with Gasteiger partial charge in [-0.25, -0.2) is 4.21 Å². The van der Waals surface area contributed by atoms with Gasteiger partial charge in [0.05, 0.1) is 16.9 Å². The Morgan fingerprint density at radius 2 is 1.96 bits per heavy atom. The molecule has 0 bridgehead atoms. The molecule has 2 atom stereocenters. The van der Waals surface area contributed by atoms with E-state index in [9.17, 15) is 4.21 Å². The van der Waals surface area contributed by atoms with Crippen molar-refractivity contribution in [2.45, 2.75) is 37.2 Å². The van der Waals surface area contributed by atoms with Crippen molar-refractivity contribution in [3.8, 4) is 12.3 Å². The number of hydrogen-bond donors (Lipinski definition) is 0. The van der Waals surface area contributed by atoms with Gasteiger partial charge in [0.1, 0.15) is 6.61 Å². The predicted octanol–water partition coefficient (Wildman–Crippen LogP) is 5.27. The van der Waals surface area contributed by atoms with Gasteiger partial charge in [-0.3, -0.25) is 0 Å². The van der Waals surface area contributed by atoms with E-state index in [0.717, 1.165) is 45.8 Å². The number of allylic oxidation sites excluding steroid dienone is 1. The lowest BCUT2D eigenvalue weighted by Gasteiger charge is -2.22. The van der Waals surface area contributed by atoms with Crippen LogP contribution in [0.25, 0.3) is 6.08 Å². The summed E-state index contributed by atoms with van der Waals surface area (Å²) in [6.45, 7) is 2.33. The lowest BCUT2D eigenvalue weighted by Crippen LogP contribution is -2.16. The van der Waals surface area contributed by atoms with Gasteiger partial charge in [-0.1, -0.05) is 60.0 Å². The lowest BCUT2D eigenvalue weighted by atomic mass is 9.96. The van der Waals surface area contributed by atoms with E-state index in [1.165, 1.54) is 0 Å². The molecule has 0 aliphatic heterocycles. The molecule has 1 aliphatic carbocycles. The highest BCUT2D eigenvalue weighted by Crippen LogP contribution is 2.31. The fourth-order valence-corrected chi connectivity index (χ4v) is 4.42.